The lowest BCUT2D eigenvalue weighted by Gasteiger charge is -2.25. The van der Waals surface area contributed by atoms with Crippen LogP contribution in [-0.2, 0) is 10.4 Å². The number of nitrogens with one attached hydrogen (secondary N) is 1. The van der Waals surface area contributed by atoms with Gasteiger partial charge in [-0.15, -0.1) is 0 Å². The van der Waals surface area contributed by atoms with Crippen molar-refractivity contribution in [3.63, 3.8) is 0 Å². The number of aliphatic hydroxyl groups is 1. The number of nitrogens with zero attached hydrogens (tertiary/aromatic N) is 2. The number of carbonyl (C=O) groups is 2. The Morgan fingerprint density at radius 2 is 1.59 bits per heavy atom. The summed E-state index contributed by atoms with van der Waals surface area (Å²) in [5.41, 5.74) is 6.61. The zero-order chi connectivity index (χ0) is 23.1. The molecule has 32 heavy (non-hydrogen) atoms. The first-order valence-electron chi connectivity index (χ1n) is 10.2. The van der Waals surface area contributed by atoms with E-state index >= 15 is 0 Å². The van der Waals surface area contributed by atoms with Crippen LogP contribution in [0.1, 0.15) is 42.3 Å². The van der Waals surface area contributed by atoms with Crippen molar-refractivity contribution in [2.45, 2.75) is 26.4 Å². The molecular weight excluding hydrogens is 404 g/mol. The maximum absolute atomic E-state index is 12.8. The minimum atomic E-state index is -1.96. The van der Waals surface area contributed by atoms with Crippen LogP contribution in [-0.4, -0.2) is 31.7 Å². The van der Waals surface area contributed by atoms with Gasteiger partial charge in [-0.2, -0.15) is 0 Å². The SMILES string of the molecule is CC(C)(C)C(=O)c1c[nH]c2ncc(-c3ccc(C(O)(C(N)=O)c4ccccc4)cc3)nc12. The van der Waals surface area contributed by atoms with Gasteiger partial charge in [0.05, 0.1) is 17.5 Å². The van der Waals surface area contributed by atoms with E-state index in [4.69, 9.17) is 5.73 Å². The lowest BCUT2D eigenvalue weighted by atomic mass is 9.85. The molecule has 1 unspecified atom stereocenters. The maximum Gasteiger partial charge on any atom is 0.258 e. The van der Waals surface area contributed by atoms with E-state index in [0.717, 1.165) is 5.56 Å². The Hall–Kier alpha value is -3.84. The van der Waals surface area contributed by atoms with Crippen LogP contribution < -0.4 is 5.73 Å². The Morgan fingerprint density at radius 3 is 2.19 bits per heavy atom. The molecule has 0 fully saturated rings. The molecule has 2 aromatic heterocycles. The fourth-order valence-electron chi connectivity index (χ4n) is 3.62. The van der Waals surface area contributed by atoms with E-state index in [1.807, 2.05) is 20.8 Å². The molecular formula is C25H24N4O3. The zero-order valence-electron chi connectivity index (χ0n) is 18.1. The number of aromatic amines is 1. The number of aromatic nitrogens is 3. The topological polar surface area (TPSA) is 122 Å². The lowest BCUT2D eigenvalue weighted by molar-refractivity contribution is -0.133. The van der Waals surface area contributed by atoms with Crippen LogP contribution in [0.5, 0.6) is 0 Å². The number of Topliss-reactive ketones (excluding diaryl/α,β-unsaturated/α-hetero) is 1. The highest BCUT2D eigenvalue weighted by molar-refractivity contribution is 6.08. The van der Waals surface area contributed by atoms with E-state index in [9.17, 15) is 14.7 Å². The van der Waals surface area contributed by atoms with Crippen LogP contribution in [0.4, 0.5) is 0 Å². The molecule has 0 bridgehead atoms. The molecule has 4 rings (SSSR count). The molecule has 0 aliphatic carbocycles. The number of nitrogens with two attached hydrogens (primary N) is 1. The highest BCUT2D eigenvalue weighted by Gasteiger charge is 2.38. The summed E-state index contributed by atoms with van der Waals surface area (Å²) in [6.45, 7) is 5.57. The summed E-state index contributed by atoms with van der Waals surface area (Å²) in [5, 5.41) is 11.1. The van der Waals surface area contributed by atoms with Crippen molar-refractivity contribution in [3.8, 4) is 11.3 Å². The third-order valence-electron chi connectivity index (χ3n) is 5.45. The summed E-state index contributed by atoms with van der Waals surface area (Å²) in [4.78, 5) is 37.0. The minimum Gasteiger partial charge on any atom is -0.372 e. The van der Waals surface area contributed by atoms with Gasteiger partial charge >= 0.3 is 0 Å². The smallest absolute Gasteiger partial charge is 0.258 e. The molecule has 0 spiro atoms. The molecule has 7 heteroatoms. The van der Waals surface area contributed by atoms with Crippen molar-refractivity contribution in [1.29, 1.82) is 0 Å². The number of benzene rings is 2. The van der Waals surface area contributed by atoms with Gasteiger partial charge in [0.25, 0.3) is 5.91 Å². The fourth-order valence-corrected chi connectivity index (χ4v) is 3.62. The van der Waals surface area contributed by atoms with E-state index < -0.39 is 16.9 Å². The van der Waals surface area contributed by atoms with Crippen molar-refractivity contribution in [2.75, 3.05) is 0 Å². The molecule has 0 saturated heterocycles. The predicted octanol–water partition coefficient (Wildman–Crippen LogP) is 3.57. The average molecular weight is 428 g/mol. The molecule has 0 aliphatic heterocycles. The molecule has 0 saturated carbocycles. The monoisotopic (exact) mass is 428 g/mol. The summed E-state index contributed by atoms with van der Waals surface area (Å²) in [6.07, 6.45) is 3.24. The first-order valence-corrected chi connectivity index (χ1v) is 10.2. The number of hydrogen-bond donors (Lipinski definition) is 3. The highest BCUT2D eigenvalue weighted by Crippen LogP contribution is 2.32. The molecule has 4 N–H and O–H groups in total. The van der Waals surface area contributed by atoms with Crippen LogP contribution in [0, 0.1) is 5.41 Å². The van der Waals surface area contributed by atoms with Crippen LogP contribution in [0.15, 0.2) is 67.0 Å². The third-order valence-corrected chi connectivity index (χ3v) is 5.45. The Balaban J connectivity index is 1.74. The van der Waals surface area contributed by atoms with Crippen LogP contribution in [0.2, 0.25) is 0 Å². The van der Waals surface area contributed by atoms with Crippen LogP contribution in [0.25, 0.3) is 22.4 Å². The summed E-state index contributed by atoms with van der Waals surface area (Å²) in [6, 6.07) is 15.3. The van der Waals surface area contributed by atoms with Gasteiger partial charge in [0.1, 0.15) is 5.52 Å². The molecule has 162 valence electrons. The number of amides is 1. The first-order chi connectivity index (χ1) is 15.1. The number of rotatable bonds is 5. The molecule has 0 aliphatic rings. The largest absolute Gasteiger partial charge is 0.372 e. The molecule has 2 heterocycles. The Bertz CT molecular complexity index is 1300. The minimum absolute atomic E-state index is 0.0278. The van der Waals surface area contributed by atoms with E-state index in [1.165, 1.54) is 0 Å². The van der Waals surface area contributed by atoms with Gasteiger partial charge in [0.2, 0.25) is 0 Å². The van der Waals surface area contributed by atoms with Gasteiger partial charge in [-0.3, -0.25) is 9.59 Å². The van der Waals surface area contributed by atoms with E-state index in [2.05, 4.69) is 15.0 Å². The second kappa shape index (κ2) is 7.69. The van der Waals surface area contributed by atoms with E-state index in [1.54, 1.807) is 67.0 Å². The zero-order valence-corrected chi connectivity index (χ0v) is 18.1. The summed E-state index contributed by atoms with van der Waals surface area (Å²) < 4.78 is 0. The number of primary amides is 1. The van der Waals surface area contributed by atoms with Crippen LogP contribution >= 0.6 is 0 Å². The number of fused-ring (bicyclic) bond motifs is 1. The van der Waals surface area contributed by atoms with Gasteiger partial charge in [-0.1, -0.05) is 75.4 Å². The molecule has 4 aromatic rings. The second-order valence-corrected chi connectivity index (χ2v) is 8.75. The highest BCUT2D eigenvalue weighted by atomic mass is 16.3. The van der Waals surface area contributed by atoms with Gasteiger partial charge < -0.3 is 15.8 Å². The number of H-pyrrole nitrogens is 1. The van der Waals surface area contributed by atoms with Gasteiger partial charge in [0.15, 0.2) is 17.0 Å². The van der Waals surface area contributed by atoms with Crippen LogP contribution in [0.3, 0.4) is 0 Å². The second-order valence-electron chi connectivity index (χ2n) is 8.75. The number of hydrogen-bond acceptors (Lipinski definition) is 5. The Morgan fingerprint density at radius 1 is 0.969 bits per heavy atom. The predicted molar refractivity (Wildman–Crippen MR) is 122 cm³/mol. The van der Waals surface area contributed by atoms with E-state index in [-0.39, 0.29) is 5.78 Å². The van der Waals surface area contributed by atoms with Crippen molar-refractivity contribution in [2.24, 2.45) is 11.1 Å². The first kappa shape index (κ1) is 21.4. The quantitative estimate of drug-likeness (QED) is 0.420. The Kier molecular flexibility index (Phi) is 5.14. The molecule has 1 amide bonds. The third kappa shape index (κ3) is 3.56. The van der Waals surface area contributed by atoms with Crippen molar-refractivity contribution in [3.05, 3.63) is 83.7 Å². The summed E-state index contributed by atoms with van der Waals surface area (Å²) in [5.74, 6) is -0.893. The average Bonchev–Trinajstić information content (AvgIpc) is 3.21. The standard InChI is InChI=1S/C25H24N4O3/c1-24(2,3)21(30)18-13-27-22-20(18)29-19(14-28-22)15-9-11-17(12-10-15)25(32,23(26)31)16-7-5-4-6-8-16/h4-14,32H,1-3H3,(H2,26,31)(H,27,28). The van der Waals surface area contributed by atoms with Gasteiger partial charge in [-0.05, 0) is 11.1 Å². The van der Waals surface area contributed by atoms with Crippen molar-refractivity contribution < 1.29 is 14.7 Å². The Labute approximate surface area is 185 Å². The molecule has 0 radical (unpaired) electrons. The van der Waals surface area contributed by atoms with Crippen molar-refractivity contribution >= 4 is 22.9 Å². The van der Waals surface area contributed by atoms with Crippen molar-refractivity contribution in [1.82, 2.24) is 15.0 Å². The maximum atomic E-state index is 12.8. The van der Waals surface area contributed by atoms with E-state index in [0.29, 0.717) is 33.5 Å². The summed E-state index contributed by atoms with van der Waals surface area (Å²) in [7, 11) is 0. The molecule has 2 aromatic carbocycles. The fraction of sp³-hybridized carbons (Fsp3) is 0.200. The molecule has 7 nitrogen and oxygen atoms in total. The normalized spacial score (nSPS) is 13.6. The number of carbonyl (C=O) groups excluding carboxylic acids is 2. The molecule has 1 atom stereocenters. The number of ketones is 1. The lowest BCUT2D eigenvalue weighted by Crippen LogP contribution is -2.42. The van der Waals surface area contributed by atoms with Gasteiger partial charge in [0, 0.05) is 17.2 Å². The van der Waals surface area contributed by atoms with Gasteiger partial charge in [-0.25, -0.2) is 9.97 Å². The summed E-state index contributed by atoms with van der Waals surface area (Å²) >= 11 is 0.